The summed E-state index contributed by atoms with van der Waals surface area (Å²) in [5.74, 6) is 1.36. The predicted molar refractivity (Wildman–Crippen MR) is 81.4 cm³/mol. The first-order chi connectivity index (χ1) is 9.70. The molecule has 20 heavy (non-hydrogen) atoms. The molecule has 0 spiro atoms. The Morgan fingerprint density at radius 1 is 1.55 bits per heavy atom. The first kappa shape index (κ1) is 14.5. The monoisotopic (exact) mass is 291 g/mol. The van der Waals surface area contributed by atoms with Gasteiger partial charge in [-0.25, -0.2) is 4.98 Å². The molecule has 6 nitrogen and oxygen atoms in total. The maximum atomic E-state index is 11.9. The smallest absolute Gasteiger partial charge is 0.241 e. The number of aromatic amines is 1. The van der Waals surface area contributed by atoms with Gasteiger partial charge in [-0.05, 0) is 30.6 Å². The number of nitrogens with one attached hydrogen (secondary N) is 2. The summed E-state index contributed by atoms with van der Waals surface area (Å²) >= 11 is 1.68. The lowest BCUT2D eigenvalue weighted by Gasteiger charge is -2.12. The zero-order chi connectivity index (χ0) is 14.4. The van der Waals surface area contributed by atoms with E-state index in [1.165, 1.54) is 6.33 Å². The van der Waals surface area contributed by atoms with E-state index in [2.05, 4.69) is 20.5 Å². The van der Waals surface area contributed by atoms with Crippen molar-refractivity contribution in [2.24, 2.45) is 5.73 Å². The number of hydrogen-bond acceptors (Lipinski definition) is 5. The van der Waals surface area contributed by atoms with Crippen LogP contribution in [0.5, 0.6) is 0 Å². The Hall–Kier alpha value is -1.86. The largest absolute Gasteiger partial charge is 0.325 e. The minimum absolute atomic E-state index is 0.172. The number of anilines is 1. The quantitative estimate of drug-likeness (QED) is 0.749. The van der Waals surface area contributed by atoms with Crippen LogP contribution in [0.3, 0.4) is 0 Å². The highest BCUT2D eigenvalue weighted by atomic mass is 32.2. The molecule has 0 saturated carbocycles. The number of nitrogens with two attached hydrogens (primary N) is 1. The average Bonchev–Trinajstić information content (AvgIpc) is 2.99. The molecule has 0 bridgehead atoms. The second-order valence-corrected chi connectivity index (χ2v) is 5.28. The Morgan fingerprint density at radius 3 is 3.10 bits per heavy atom. The highest BCUT2D eigenvalue weighted by Gasteiger charge is 2.13. The van der Waals surface area contributed by atoms with E-state index >= 15 is 0 Å². The highest BCUT2D eigenvalue weighted by molar-refractivity contribution is 7.98. The summed E-state index contributed by atoms with van der Waals surface area (Å²) in [5.41, 5.74) is 7.39. The summed E-state index contributed by atoms with van der Waals surface area (Å²) in [6, 6.07) is 6.90. The van der Waals surface area contributed by atoms with Crippen LogP contribution in [0.4, 0.5) is 5.69 Å². The summed E-state index contributed by atoms with van der Waals surface area (Å²) in [6.45, 7) is 0. The van der Waals surface area contributed by atoms with Gasteiger partial charge in [-0.15, -0.1) is 0 Å². The van der Waals surface area contributed by atoms with E-state index in [1.807, 2.05) is 30.5 Å². The maximum absolute atomic E-state index is 11.9. The number of benzene rings is 1. The van der Waals surface area contributed by atoms with Gasteiger partial charge in [0, 0.05) is 11.3 Å². The Bertz CT molecular complexity index is 558. The van der Waals surface area contributed by atoms with Crippen molar-refractivity contribution in [3.8, 4) is 11.4 Å². The standard InChI is InChI=1S/C13H17N5OS/c1-20-6-5-11(14)13(19)17-10-4-2-3-9(7-10)12-15-8-16-18-12/h2-4,7-8,11H,5-6,14H2,1H3,(H,17,19)(H,15,16,18). The van der Waals surface area contributed by atoms with E-state index in [-0.39, 0.29) is 5.91 Å². The third kappa shape index (κ3) is 3.82. The molecule has 1 unspecified atom stereocenters. The number of nitrogens with zero attached hydrogens (tertiary/aromatic N) is 2. The Morgan fingerprint density at radius 2 is 2.40 bits per heavy atom. The molecule has 106 valence electrons. The van der Waals surface area contributed by atoms with Crippen LogP contribution in [-0.2, 0) is 4.79 Å². The van der Waals surface area contributed by atoms with Crippen LogP contribution in [0.1, 0.15) is 6.42 Å². The van der Waals surface area contributed by atoms with E-state index < -0.39 is 6.04 Å². The van der Waals surface area contributed by atoms with Gasteiger partial charge in [0.1, 0.15) is 6.33 Å². The molecule has 0 aliphatic rings. The molecule has 0 fully saturated rings. The second-order valence-electron chi connectivity index (χ2n) is 4.29. The molecule has 7 heteroatoms. The molecule has 2 aromatic rings. The summed E-state index contributed by atoms with van der Waals surface area (Å²) < 4.78 is 0. The van der Waals surface area contributed by atoms with E-state index in [0.29, 0.717) is 17.9 Å². The third-order valence-electron chi connectivity index (χ3n) is 2.79. The first-order valence-corrected chi connectivity index (χ1v) is 7.61. The Balaban J connectivity index is 2.03. The molecule has 1 atom stereocenters. The third-order valence-corrected chi connectivity index (χ3v) is 3.43. The van der Waals surface area contributed by atoms with Crippen LogP contribution in [0, 0.1) is 0 Å². The molecule has 2 rings (SSSR count). The zero-order valence-electron chi connectivity index (χ0n) is 11.2. The minimum Gasteiger partial charge on any atom is -0.325 e. The fourth-order valence-electron chi connectivity index (χ4n) is 1.70. The molecule has 1 aromatic carbocycles. The average molecular weight is 291 g/mol. The lowest BCUT2D eigenvalue weighted by atomic mass is 10.1. The molecule has 0 aliphatic heterocycles. The lowest BCUT2D eigenvalue weighted by molar-refractivity contribution is -0.117. The number of hydrogen-bond donors (Lipinski definition) is 3. The van der Waals surface area contributed by atoms with E-state index in [4.69, 9.17) is 5.73 Å². The SMILES string of the molecule is CSCCC(N)C(=O)Nc1cccc(-c2ncn[nH]2)c1. The number of thioether (sulfide) groups is 1. The van der Waals surface area contributed by atoms with E-state index in [9.17, 15) is 4.79 Å². The van der Waals surface area contributed by atoms with Gasteiger partial charge in [0.2, 0.25) is 5.91 Å². The molecule has 1 amide bonds. The fourth-order valence-corrected chi connectivity index (χ4v) is 2.19. The number of aromatic nitrogens is 3. The minimum atomic E-state index is -0.489. The highest BCUT2D eigenvalue weighted by Crippen LogP contribution is 2.18. The van der Waals surface area contributed by atoms with Crippen molar-refractivity contribution in [2.75, 3.05) is 17.3 Å². The molecular weight excluding hydrogens is 274 g/mol. The van der Waals surface area contributed by atoms with Crippen molar-refractivity contribution < 1.29 is 4.79 Å². The van der Waals surface area contributed by atoms with Gasteiger partial charge in [-0.1, -0.05) is 12.1 Å². The van der Waals surface area contributed by atoms with Gasteiger partial charge in [0.25, 0.3) is 0 Å². The summed E-state index contributed by atoms with van der Waals surface area (Å²) in [4.78, 5) is 16.0. The number of H-pyrrole nitrogens is 1. The van der Waals surface area contributed by atoms with Crippen LogP contribution in [-0.4, -0.2) is 39.1 Å². The molecule has 0 saturated heterocycles. The Labute approximate surface area is 121 Å². The van der Waals surface area contributed by atoms with Crippen molar-refractivity contribution in [3.05, 3.63) is 30.6 Å². The van der Waals surface area contributed by atoms with Crippen molar-refractivity contribution in [2.45, 2.75) is 12.5 Å². The summed E-state index contributed by atoms with van der Waals surface area (Å²) in [6.07, 6.45) is 4.10. The fraction of sp³-hybridized carbons (Fsp3) is 0.308. The van der Waals surface area contributed by atoms with Crippen molar-refractivity contribution in [3.63, 3.8) is 0 Å². The van der Waals surface area contributed by atoms with E-state index in [1.54, 1.807) is 11.8 Å². The molecular formula is C13H17N5OS. The predicted octanol–water partition coefficient (Wildman–Crippen LogP) is 1.49. The van der Waals surface area contributed by atoms with Crippen LogP contribution in [0.2, 0.25) is 0 Å². The van der Waals surface area contributed by atoms with Crippen LogP contribution >= 0.6 is 11.8 Å². The van der Waals surface area contributed by atoms with Gasteiger partial charge in [-0.3, -0.25) is 9.89 Å². The van der Waals surface area contributed by atoms with Crippen LogP contribution in [0.15, 0.2) is 30.6 Å². The molecule has 1 aromatic heterocycles. The van der Waals surface area contributed by atoms with Crippen molar-refractivity contribution in [1.82, 2.24) is 15.2 Å². The van der Waals surface area contributed by atoms with Crippen molar-refractivity contribution in [1.29, 1.82) is 0 Å². The maximum Gasteiger partial charge on any atom is 0.241 e. The van der Waals surface area contributed by atoms with Crippen LogP contribution < -0.4 is 11.1 Å². The van der Waals surface area contributed by atoms with E-state index in [0.717, 1.165) is 11.3 Å². The lowest BCUT2D eigenvalue weighted by Crippen LogP contribution is -2.36. The molecule has 0 radical (unpaired) electrons. The zero-order valence-corrected chi connectivity index (χ0v) is 12.0. The number of carbonyl (C=O) groups excluding carboxylic acids is 1. The summed E-state index contributed by atoms with van der Waals surface area (Å²) in [7, 11) is 0. The number of rotatable bonds is 6. The molecule has 4 N–H and O–H groups in total. The molecule has 1 heterocycles. The van der Waals surface area contributed by atoms with Gasteiger partial charge in [0.15, 0.2) is 5.82 Å². The topological polar surface area (TPSA) is 96.7 Å². The molecule has 0 aliphatic carbocycles. The van der Waals surface area contributed by atoms with Gasteiger partial charge in [0.05, 0.1) is 6.04 Å². The van der Waals surface area contributed by atoms with Crippen molar-refractivity contribution >= 4 is 23.4 Å². The van der Waals surface area contributed by atoms with Gasteiger partial charge in [-0.2, -0.15) is 16.9 Å². The summed E-state index contributed by atoms with van der Waals surface area (Å²) in [5, 5.41) is 9.41. The second kappa shape index (κ2) is 7.06. The van der Waals surface area contributed by atoms with Gasteiger partial charge < -0.3 is 11.1 Å². The first-order valence-electron chi connectivity index (χ1n) is 6.22. The van der Waals surface area contributed by atoms with Crippen LogP contribution in [0.25, 0.3) is 11.4 Å². The number of carbonyl (C=O) groups is 1. The Kier molecular flexibility index (Phi) is 5.14. The number of amides is 1. The van der Waals surface area contributed by atoms with Gasteiger partial charge >= 0.3 is 0 Å². The normalized spacial score (nSPS) is 12.1.